The van der Waals surface area contributed by atoms with E-state index < -0.39 is 0 Å². The average Bonchev–Trinajstić information content (AvgIpc) is 3.56. The minimum Gasteiger partial charge on any atom is -0.355 e. The van der Waals surface area contributed by atoms with Gasteiger partial charge in [-0.25, -0.2) is 0 Å². The third kappa shape index (κ3) is 4.19. The molecule has 0 bridgehead atoms. The van der Waals surface area contributed by atoms with Gasteiger partial charge in [-0.15, -0.1) is 0 Å². The Labute approximate surface area is 306 Å². The number of hydrogen-bond donors (Lipinski definition) is 1. The van der Waals surface area contributed by atoms with Gasteiger partial charge in [-0.05, 0) is 164 Å². The molecule has 0 atom stereocenters. The Kier molecular flexibility index (Phi) is 5.84. The summed E-state index contributed by atoms with van der Waals surface area (Å²) in [5, 5.41) is 21.9. The Hall–Kier alpha value is -6.96. The Balaban J connectivity index is 1.10. The van der Waals surface area contributed by atoms with Crippen LogP contribution in [0.2, 0.25) is 0 Å². The summed E-state index contributed by atoms with van der Waals surface area (Å²) in [7, 11) is 0. The van der Waals surface area contributed by atoms with E-state index in [-0.39, 0.29) is 0 Å². The smallest absolute Gasteiger partial charge is 0.0464 e. The molecular formula is C52H31N. The zero-order valence-corrected chi connectivity index (χ0v) is 28.8. The lowest BCUT2D eigenvalue weighted by atomic mass is 9.89. The van der Waals surface area contributed by atoms with Crippen molar-refractivity contribution in [3.8, 4) is 33.4 Å². The molecule has 0 fully saturated rings. The number of fused-ring (bicyclic) bond motifs is 5. The molecule has 0 spiro atoms. The van der Waals surface area contributed by atoms with Crippen molar-refractivity contribution in [2.24, 2.45) is 0 Å². The minimum atomic E-state index is 1.08. The van der Waals surface area contributed by atoms with E-state index in [0.717, 1.165) is 11.4 Å². The molecule has 0 aromatic heterocycles. The maximum absolute atomic E-state index is 3.71. The van der Waals surface area contributed by atoms with Gasteiger partial charge in [0.15, 0.2) is 0 Å². The molecular weight excluding hydrogens is 639 g/mol. The van der Waals surface area contributed by atoms with Crippen LogP contribution in [0.3, 0.4) is 0 Å². The van der Waals surface area contributed by atoms with Gasteiger partial charge in [0, 0.05) is 16.9 Å². The predicted octanol–water partition coefficient (Wildman–Crippen LogP) is 14.8. The van der Waals surface area contributed by atoms with Crippen molar-refractivity contribution >= 4 is 86.8 Å². The highest BCUT2D eigenvalue weighted by Crippen LogP contribution is 2.54. The fourth-order valence-electron chi connectivity index (χ4n) is 9.25. The van der Waals surface area contributed by atoms with Gasteiger partial charge in [0.2, 0.25) is 0 Å². The molecule has 53 heavy (non-hydrogen) atoms. The van der Waals surface area contributed by atoms with Gasteiger partial charge in [0.25, 0.3) is 0 Å². The molecule has 0 radical (unpaired) electrons. The van der Waals surface area contributed by atoms with Crippen LogP contribution in [0.25, 0.3) is 109 Å². The maximum Gasteiger partial charge on any atom is 0.0464 e. The fourth-order valence-corrected chi connectivity index (χ4v) is 9.25. The molecule has 1 nitrogen and oxygen atoms in total. The third-order valence-corrected chi connectivity index (χ3v) is 11.6. The van der Waals surface area contributed by atoms with Crippen LogP contribution in [0.5, 0.6) is 0 Å². The molecule has 12 rings (SSSR count). The highest BCUT2D eigenvalue weighted by atomic mass is 14.9. The Bertz CT molecular complexity index is 3360. The highest BCUT2D eigenvalue weighted by molar-refractivity contribution is 6.37. The summed E-state index contributed by atoms with van der Waals surface area (Å²) >= 11 is 0. The second-order valence-electron chi connectivity index (χ2n) is 14.6. The molecule has 244 valence electrons. The lowest BCUT2D eigenvalue weighted by Crippen LogP contribution is -1.94. The predicted molar refractivity (Wildman–Crippen MR) is 229 cm³/mol. The van der Waals surface area contributed by atoms with Gasteiger partial charge in [-0.2, -0.15) is 0 Å². The molecule has 1 aliphatic carbocycles. The molecule has 0 amide bonds. The quantitative estimate of drug-likeness (QED) is 0.145. The van der Waals surface area contributed by atoms with E-state index in [1.54, 1.807) is 0 Å². The van der Waals surface area contributed by atoms with Gasteiger partial charge in [0.05, 0.1) is 0 Å². The monoisotopic (exact) mass is 669 g/mol. The van der Waals surface area contributed by atoms with Crippen LogP contribution < -0.4 is 5.32 Å². The highest BCUT2D eigenvalue weighted by Gasteiger charge is 2.26. The van der Waals surface area contributed by atoms with Crippen molar-refractivity contribution in [2.75, 3.05) is 5.32 Å². The number of benzene rings is 11. The van der Waals surface area contributed by atoms with E-state index in [4.69, 9.17) is 0 Å². The topological polar surface area (TPSA) is 12.0 Å². The van der Waals surface area contributed by atoms with Gasteiger partial charge >= 0.3 is 0 Å². The van der Waals surface area contributed by atoms with Gasteiger partial charge in [-0.1, -0.05) is 121 Å². The number of para-hydroxylation sites is 2. The first-order valence-corrected chi connectivity index (χ1v) is 18.4. The molecule has 1 heteroatoms. The van der Waals surface area contributed by atoms with Gasteiger partial charge in [0.1, 0.15) is 0 Å². The van der Waals surface area contributed by atoms with Crippen molar-refractivity contribution in [3.63, 3.8) is 0 Å². The van der Waals surface area contributed by atoms with Crippen LogP contribution in [-0.2, 0) is 0 Å². The van der Waals surface area contributed by atoms with Crippen LogP contribution in [0.4, 0.5) is 11.4 Å². The average molecular weight is 670 g/mol. The van der Waals surface area contributed by atoms with Crippen molar-refractivity contribution in [3.05, 3.63) is 182 Å². The molecule has 11 aromatic carbocycles. The SMILES string of the molecule is c1ccc(Nc2ccccc2-c2ccc3ccc4c(-c5cccc6cc7cc8cc9ccccc9cc8cc7cc56)cc5cccc6c5c4c3c2-6)cc1. The first-order valence-electron chi connectivity index (χ1n) is 18.4. The maximum atomic E-state index is 3.71. The number of nitrogens with one attached hydrogen (secondary N) is 1. The van der Waals surface area contributed by atoms with Crippen LogP contribution in [0.15, 0.2) is 182 Å². The molecule has 11 aromatic rings. The summed E-state index contributed by atoms with van der Waals surface area (Å²) in [5.41, 5.74) is 9.86. The standard InChI is InChI=1S/C52H31N/c1-2-14-40(15-3-1)53-48-19-7-6-16-42(48)43-22-20-31-21-23-44-47(29-35-13-9-18-45-49(35)52(44)50(31)51(43)45)41-17-8-12-34-26-38-27-36-24-32-10-4-5-11-33(32)25-37(36)28-39(38)30-46(34)41/h1-30,53H. The zero-order valence-electron chi connectivity index (χ0n) is 28.8. The summed E-state index contributed by atoms with van der Waals surface area (Å²) in [5.74, 6) is 0. The summed E-state index contributed by atoms with van der Waals surface area (Å²) in [6, 6.07) is 67.5. The zero-order chi connectivity index (χ0) is 34.6. The van der Waals surface area contributed by atoms with Crippen LogP contribution in [-0.4, -0.2) is 0 Å². The summed E-state index contributed by atoms with van der Waals surface area (Å²) < 4.78 is 0. The molecule has 0 unspecified atom stereocenters. The minimum absolute atomic E-state index is 1.08. The van der Waals surface area contributed by atoms with Crippen LogP contribution in [0, 0.1) is 0 Å². The first-order chi connectivity index (χ1) is 26.2. The summed E-state index contributed by atoms with van der Waals surface area (Å²) in [6.07, 6.45) is 0. The number of hydrogen-bond acceptors (Lipinski definition) is 1. The Morgan fingerprint density at radius 2 is 0.868 bits per heavy atom. The van der Waals surface area contributed by atoms with Crippen molar-refractivity contribution in [1.29, 1.82) is 0 Å². The van der Waals surface area contributed by atoms with Crippen LogP contribution in [0.1, 0.15) is 0 Å². The number of rotatable bonds is 4. The molecule has 0 aliphatic heterocycles. The van der Waals surface area contributed by atoms with Crippen molar-refractivity contribution in [1.82, 2.24) is 0 Å². The van der Waals surface area contributed by atoms with Gasteiger partial charge < -0.3 is 5.32 Å². The fraction of sp³-hybridized carbons (Fsp3) is 0. The lowest BCUT2D eigenvalue weighted by Gasteiger charge is -2.16. The van der Waals surface area contributed by atoms with E-state index in [1.807, 2.05) is 0 Å². The molecule has 0 saturated carbocycles. The van der Waals surface area contributed by atoms with E-state index >= 15 is 0 Å². The van der Waals surface area contributed by atoms with Crippen molar-refractivity contribution in [2.45, 2.75) is 0 Å². The second-order valence-corrected chi connectivity index (χ2v) is 14.6. The van der Waals surface area contributed by atoms with E-state index in [2.05, 4.69) is 187 Å². The molecule has 1 N–H and O–H groups in total. The second kappa shape index (κ2) is 10.8. The summed E-state index contributed by atoms with van der Waals surface area (Å²) in [6.45, 7) is 0. The molecule has 1 aliphatic rings. The number of anilines is 2. The van der Waals surface area contributed by atoms with Crippen molar-refractivity contribution < 1.29 is 0 Å². The Morgan fingerprint density at radius 3 is 1.68 bits per heavy atom. The first kappa shape index (κ1) is 28.7. The van der Waals surface area contributed by atoms with E-state index in [1.165, 1.54) is 109 Å². The lowest BCUT2D eigenvalue weighted by molar-refractivity contribution is 1.54. The Morgan fingerprint density at radius 1 is 0.264 bits per heavy atom. The van der Waals surface area contributed by atoms with Gasteiger partial charge in [-0.3, -0.25) is 0 Å². The van der Waals surface area contributed by atoms with Crippen LogP contribution >= 0.6 is 0 Å². The normalized spacial score (nSPS) is 12.2. The van der Waals surface area contributed by atoms with E-state index in [0.29, 0.717) is 0 Å². The largest absolute Gasteiger partial charge is 0.355 e. The van der Waals surface area contributed by atoms with E-state index in [9.17, 15) is 0 Å². The third-order valence-electron chi connectivity index (χ3n) is 11.6. The molecule has 0 heterocycles. The molecule has 0 saturated heterocycles. The summed E-state index contributed by atoms with van der Waals surface area (Å²) in [4.78, 5) is 0.